The zero-order chi connectivity index (χ0) is 34.5. The topological polar surface area (TPSA) is 160 Å². The molecule has 13 heteroatoms. The second kappa shape index (κ2) is 15.5. The summed E-state index contributed by atoms with van der Waals surface area (Å²) in [7, 11) is 0. The van der Waals surface area contributed by atoms with E-state index in [1.165, 1.54) is 11.8 Å². The number of nitrogens with zero attached hydrogens (tertiary/aromatic N) is 2. The first-order valence-corrected chi connectivity index (χ1v) is 17.2. The van der Waals surface area contributed by atoms with Crippen molar-refractivity contribution < 1.29 is 28.7 Å². The third kappa shape index (κ3) is 9.01. The van der Waals surface area contributed by atoms with Crippen LogP contribution in [0.2, 0.25) is 0 Å². The zero-order valence-corrected chi connectivity index (χ0v) is 29.1. The molecule has 3 aliphatic rings. The Morgan fingerprint density at radius 3 is 2.30 bits per heavy atom. The summed E-state index contributed by atoms with van der Waals surface area (Å²) in [5, 5.41) is 12.4. The van der Waals surface area contributed by atoms with Gasteiger partial charge in [0.25, 0.3) is 0 Å². The van der Waals surface area contributed by atoms with Gasteiger partial charge in [0.1, 0.15) is 30.3 Å². The molecule has 4 amide bonds. The molecule has 3 aliphatic heterocycles. The summed E-state index contributed by atoms with van der Waals surface area (Å²) in [6, 6.07) is 4.58. The van der Waals surface area contributed by atoms with Crippen LogP contribution in [0.15, 0.2) is 53.0 Å². The van der Waals surface area contributed by atoms with Crippen molar-refractivity contribution in [1.82, 2.24) is 21.3 Å². The molecule has 0 fully saturated rings. The van der Waals surface area contributed by atoms with Crippen LogP contribution in [0.1, 0.15) is 60.5 Å². The van der Waals surface area contributed by atoms with Gasteiger partial charge in [-0.1, -0.05) is 56.7 Å². The van der Waals surface area contributed by atoms with E-state index in [9.17, 15) is 19.2 Å². The largest absolute Gasteiger partial charge is 0.474 e. The Balaban J connectivity index is 1.77. The van der Waals surface area contributed by atoms with E-state index in [1.54, 1.807) is 40.7 Å². The molecule has 47 heavy (non-hydrogen) atoms. The van der Waals surface area contributed by atoms with E-state index in [0.29, 0.717) is 23.6 Å². The Kier molecular flexibility index (Phi) is 11.9. The van der Waals surface area contributed by atoms with Gasteiger partial charge in [-0.15, -0.1) is 18.3 Å². The molecule has 1 aromatic carbocycles. The van der Waals surface area contributed by atoms with E-state index in [4.69, 9.17) is 9.47 Å². The standard InChI is InChI=1S/C34H48N6O6S/c1-9-18(3)25-29(42)39-27(21(6)46-34(7,8)10-2)31(44)36-23(16-22-14-12-11-13-15-22)32-40-26(20(5)45-32)30(43)35-19(4)33-37-24(17-47-33)28(41)38-25/h10-15,18-21,23-27H,2,9,16-17H2,1,3-8H3,(H,35,43)(H,36,44)(H,38,41)(H,39,42)/t18?,19-,20?,21?,23-,24-,25-,26-,27+/m0/s1. The SMILES string of the molecule is C=CC(C)(C)OC(C)[C@H]1NC(=O)[C@H](C(C)CC)NC(=O)[C@@H]2CSC(=N2)[C@H](C)NC(=O)[C@H]2N=C(OC2C)[C@H](Cc2ccccc2)NC1=O. The molecule has 12 nitrogen and oxygen atoms in total. The average Bonchev–Trinajstić information content (AvgIpc) is 3.69. The highest BCUT2D eigenvalue weighted by Crippen LogP contribution is 2.24. The van der Waals surface area contributed by atoms with Crippen LogP contribution in [-0.4, -0.2) is 94.4 Å². The van der Waals surface area contributed by atoms with Crippen LogP contribution < -0.4 is 21.3 Å². The lowest BCUT2D eigenvalue weighted by Crippen LogP contribution is -2.61. The maximum absolute atomic E-state index is 14.2. The van der Waals surface area contributed by atoms with Crippen LogP contribution >= 0.6 is 11.8 Å². The number of hydrogen-bond acceptors (Lipinski definition) is 9. The Hall–Kier alpha value is -3.71. The summed E-state index contributed by atoms with van der Waals surface area (Å²) in [6.45, 7) is 16.5. The van der Waals surface area contributed by atoms with Gasteiger partial charge in [-0.05, 0) is 46.1 Å². The highest BCUT2D eigenvalue weighted by Gasteiger charge is 2.41. The Morgan fingerprint density at radius 2 is 1.64 bits per heavy atom. The van der Waals surface area contributed by atoms with E-state index < -0.39 is 71.8 Å². The lowest BCUT2D eigenvalue weighted by Gasteiger charge is -2.33. The van der Waals surface area contributed by atoms with Gasteiger partial charge >= 0.3 is 0 Å². The van der Waals surface area contributed by atoms with Crippen molar-refractivity contribution in [2.75, 3.05) is 5.75 Å². The second-order valence-corrected chi connectivity index (χ2v) is 14.0. The van der Waals surface area contributed by atoms with Gasteiger partial charge in [-0.25, -0.2) is 4.99 Å². The number of nitrogens with one attached hydrogen (secondary N) is 4. The minimum Gasteiger partial charge on any atom is -0.474 e. The molecule has 0 aromatic heterocycles. The molecule has 0 saturated carbocycles. The number of carbonyl (C=O) groups excluding carboxylic acids is 4. The molecule has 4 rings (SSSR count). The van der Waals surface area contributed by atoms with E-state index in [-0.39, 0.29) is 17.7 Å². The van der Waals surface area contributed by atoms with Crippen molar-refractivity contribution >= 4 is 46.3 Å². The zero-order valence-electron chi connectivity index (χ0n) is 28.2. The molecule has 0 saturated heterocycles. The van der Waals surface area contributed by atoms with Crippen LogP contribution in [-0.2, 0) is 35.1 Å². The molecule has 3 unspecified atom stereocenters. The maximum atomic E-state index is 14.2. The van der Waals surface area contributed by atoms with Gasteiger partial charge in [0, 0.05) is 12.2 Å². The molecule has 4 bridgehead atoms. The predicted octanol–water partition coefficient (Wildman–Crippen LogP) is 2.32. The van der Waals surface area contributed by atoms with Crippen LogP contribution in [0.25, 0.3) is 0 Å². The Labute approximate surface area is 281 Å². The predicted molar refractivity (Wildman–Crippen MR) is 183 cm³/mol. The quantitative estimate of drug-likeness (QED) is 0.310. The van der Waals surface area contributed by atoms with Crippen LogP contribution in [0.4, 0.5) is 0 Å². The molecule has 4 N–H and O–H groups in total. The number of hydrogen-bond donors (Lipinski definition) is 4. The fourth-order valence-electron chi connectivity index (χ4n) is 5.59. The maximum Gasteiger partial charge on any atom is 0.249 e. The average molecular weight is 669 g/mol. The van der Waals surface area contributed by atoms with Gasteiger partial charge in [0.2, 0.25) is 29.5 Å². The third-order valence-corrected chi connectivity index (χ3v) is 9.95. The van der Waals surface area contributed by atoms with Gasteiger partial charge in [-0.2, -0.15) is 0 Å². The minimum absolute atomic E-state index is 0.214. The third-order valence-electron chi connectivity index (χ3n) is 8.71. The molecular formula is C34H48N6O6S. The molecule has 0 aliphatic carbocycles. The Morgan fingerprint density at radius 1 is 0.979 bits per heavy atom. The van der Waals surface area contributed by atoms with Gasteiger partial charge in [0.05, 0.1) is 22.8 Å². The van der Waals surface area contributed by atoms with Crippen LogP contribution in [0.5, 0.6) is 0 Å². The van der Waals surface area contributed by atoms with Gasteiger partial charge < -0.3 is 30.7 Å². The summed E-state index contributed by atoms with van der Waals surface area (Å²) < 4.78 is 12.3. The Bertz CT molecular complexity index is 1400. The van der Waals surface area contributed by atoms with Gasteiger partial charge in [0.15, 0.2) is 6.04 Å². The molecule has 9 atom stereocenters. The van der Waals surface area contributed by atoms with E-state index >= 15 is 0 Å². The summed E-state index contributed by atoms with van der Waals surface area (Å²) in [5.41, 5.74) is 0.0923. The number of benzene rings is 1. The first-order chi connectivity index (χ1) is 22.2. The van der Waals surface area contributed by atoms with Crippen LogP contribution in [0.3, 0.4) is 0 Å². The van der Waals surface area contributed by atoms with E-state index in [0.717, 1.165) is 5.56 Å². The van der Waals surface area contributed by atoms with Gasteiger partial charge in [-0.3, -0.25) is 24.2 Å². The number of amides is 4. The second-order valence-electron chi connectivity index (χ2n) is 13.0. The molecule has 0 radical (unpaired) electrons. The summed E-state index contributed by atoms with van der Waals surface area (Å²) in [5.74, 6) is -1.47. The molecular weight excluding hydrogens is 620 g/mol. The lowest BCUT2D eigenvalue weighted by molar-refractivity contribution is -0.138. The summed E-state index contributed by atoms with van der Waals surface area (Å²) in [6.07, 6.45) is 1.11. The number of fused-ring (bicyclic) bond motifs is 2. The van der Waals surface area contributed by atoms with Crippen molar-refractivity contribution in [2.45, 2.75) is 115 Å². The number of thioether (sulfide) groups is 1. The first-order valence-electron chi connectivity index (χ1n) is 16.2. The van der Waals surface area contributed by atoms with E-state index in [2.05, 4.69) is 37.8 Å². The van der Waals surface area contributed by atoms with Crippen molar-refractivity contribution in [3.63, 3.8) is 0 Å². The van der Waals surface area contributed by atoms with Crippen molar-refractivity contribution in [3.8, 4) is 0 Å². The highest BCUT2D eigenvalue weighted by molar-refractivity contribution is 8.14. The fourth-order valence-corrected chi connectivity index (χ4v) is 6.66. The monoisotopic (exact) mass is 668 g/mol. The first kappa shape index (κ1) is 36.1. The smallest absolute Gasteiger partial charge is 0.249 e. The van der Waals surface area contributed by atoms with Crippen LogP contribution in [0, 0.1) is 5.92 Å². The summed E-state index contributed by atoms with van der Waals surface area (Å²) >= 11 is 1.39. The highest BCUT2D eigenvalue weighted by atomic mass is 32.2. The number of aliphatic imine (C=N–C) groups is 2. The lowest BCUT2D eigenvalue weighted by atomic mass is 9.97. The number of rotatable bonds is 8. The molecule has 3 heterocycles. The normalized spacial score (nSPS) is 30.2. The molecule has 0 spiro atoms. The fraction of sp³-hybridized carbons (Fsp3) is 0.588. The number of ether oxygens (including phenoxy) is 2. The molecule has 256 valence electrons. The minimum atomic E-state index is -1.17. The van der Waals surface area contributed by atoms with Crippen molar-refractivity contribution in [2.24, 2.45) is 15.9 Å². The summed E-state index contributed by atoms with van der Waals surface area (Å²) in [4.78, 5) is 64.3. The number of carbonyl (C=O) groups is 4. The van der Waals surface area contributed by atoms with Crippen molar-refractivity contribution in [3.05, 3.63) is 48.6 Å². The molecule has 1 aromatic rings. The van der Waals surface area contributed by atoms with Crippen molar-refractivity contribution in [1.29, 1.82) is 0 Å². The van der Waals surface area contributed by atoms with E-state index in [1.807, 2.05) is 44.2 Å².